The molecule has 0 radical (unpaired) electrons. The minimum absolute atomic E-state index is 0.109. The number of amides is 1. The maximum Gasteiger partial charge on any atom is 0.265 e. The van der Waals surface area contributed by atoms with Gasteiger partial charge in [0.1, 0.15) is 5.75 Å². The summed E-state index contributed by atoms with van der Waals surface area (Å²) in [7, 11) is -3.74. The molecule has 0 aromatic heterocycles. The van der Waals surface area contributed by atoms with Gasteiger partial charge < -0.3 is 10.1 Å². The molecule has 3 rings (SSSR count). The van der Waals surface area contributed by atoms with Crippen molar-refractivity contribution in [3.8, 4) is 5.75 Å². The second-order valence-corrected chi connectivity index (χ2v) is 8.95. The van der Waals surface area contributed by atoms with Crippen molar-refractivity contribution in [1.82, 2.24) is 0 Å². The summed E-state index contributed by atoms with van der Waals surface area (Å²) < 4.78 is 33.8. The molecule has 1 atom stereocenters. The normalized spacial score (nSPS) is 12.1. The highest BCUT2D eigenvalue weighted by Gasteiger charge is 2.19. The van der Waals surface area contributed by atoms with Crippen LogP contribution >= 0.6 is 0 Å². The van der Waals surface area contributed by atoms with Crippen molar-refractivity contribution in [2.24, 2.45) is 0 Å². The molecule has 1 unspecified atom stereocenters. The summed E-state index contributed by atoms with van der Waals surface area (Å²) in [6.45, 7) is 5.67. The summed E-state index contributed by atoms with van der Waals surface area (Å²) in [6.07, 6.45) is -0.162. The van der Waals surface area contributed by atoms with E-state index >= 15 is 0 Å². The standard InChI is InChI=1S/C24H26N2O4S/c1-4-23(30-20-8-6-5-7-9-20)24(27)25-19-11-13-21(14-12-19)31(28,29)26-22-15-10-17(2)16-18(22)3/h5-16,23,26H,4H2,1-3H3,(H,25,27). The van der Waals surface area contributed by atoms with Crippen LogP contribution in [0.4, 0.5) is 11.4 Å². The predicted octanol–water partition coefficient (Wildman–Crippen LogP) is 4.90. The quantitative estimate of drug-likeness (QED) is 0.524. The lowest BCUT2D eigenvalue weighted by Crippen LogP contribution is -2.32. The number of carbonyl (C=O) groups is 1. The molecule has 2 N–H and O–H groups in total. The smallest absolute Gasteiger partial charge is 0.265 e. The van der Waals surface area contributed by atoms with Crippen molar-refractivity contribution in [3.05, 3.63) is 83.9 Å². The Hall–Kier alpha value is -3.32. The average Bonchev–Trinajstić information content (AvgIpc) is 2.75. The van der Waals surface area contributed by atoms with E-state index in [1.807, 2.05) is 51.1 Å². The van der Waals surface area contributed by atoms with E-state index in [0.717, 1.165) is 11.1 Å². The van der Waals surface area contributed by atoms with Gasteiger partial charge in [-0.25, -0.2) is 8.42 Å². The molecule has 162 valence electrons. The Morgan fingerprint density at radius 1 is 0.968 bits per heavy atom. The highest BCUT2D eigenvalue weighted by Crippen LogP contribution is 2.22. The number of aryl methyl sites for hydroxylation is 2. The number of nitrogens with one attached hydrogen (secondary N) is 2. The van der Waals surface area contributed by atoms with Gasteiger partial charge in [0.15, 0.2) is 6.10 Å². The average molecular weight is 439 g/mol. The number of sulfonamides is 1. The molecule has 6 nitrogen and oxygen atoms in total. The topological polar surface area (TPSA) is 84.5 Å². The van der Waals surface area contributed by atoms with Crippen molar-refractivity contribution in [3.63, 3.8) is 0 Å². The SMILES string of the molecule is CCC(Oc1ccccc1)C(=O)Nc1ccc(S(=O)(=O)Nc2ccc(C)cc2C)cc1. The fourth-order valence-electron chi connectivity index (χ4n) is 3.06. The third-order valence-electron chi connectivity index (χ3n) is 4.74. The molecule has 7 heteroatoms. The molecule has 0 saturated heterocycles. The fraction of sp³-hybridized carbons (Fsp3) is 0.208. The van der Waals surface area contributed by atoms with Gasteiger partial charge in [-0.1, -0.05) is 42.8 Å². The third kappa shape index (κ3) is 5.86. The zero-order valence-corrected chi connectivity index (χ0v) is 18.6. The second-order valence-electron chi connectivity index (χ2n) is 7.27. The number of hydrogen-bond acceptors (Lipinski definition) is 4. The molecule has 0 spiro atoms. The van der Waals surface area contributed by atoms with Gasteiger partial charge in [-0.15, -0.1) is 0 Å². The monoisotopic (exact) mass is 438 g/mol. The molecule has 0 aliphatic rings. The highest BCUT2D eigenvalue weighted by molar-refractivity contribution is 7.92. The van der Waals surface area contributed by atoms with Crippen LogP contribution in [0.15, 0.2) is 77.7 Å². The van der Waals surface area contributed by atoms with Crippen LogP contribution < -0.4 is 14.8 Å². The second kappa shape index (κ2) is 9.66. The lowest BCUT2D eigenvalue weighted by molar-refractivity contribution is -0.122. The van der Waals surface area contributed by atoms with Gasteiger partial charge in [0.05, 0.1) is 10.6 Å². The number of hydrogen-bond donors (Lipinski definition) is 2. The fourth-order valence-corrected chi connectivity index (χ4v) is 4.19. The van der Waals surface area contributed by atoms with E-state index in [4.69, 9.17) is 4.74 Å². The molecule has 3 aromatic carbocycles. The minimum atomic E-state index is -3.74. The van der Waals surface area contributed by atoms with Crippen molar-refractivity contribution in [2.75, 3.05) is 10.0 Å². The lowest BCUT2D eigenvalue weighted by atomic mass is 10.1. The Balaban J connectivity index is 1.68. The number of rotatable bonds is 8. The summed E-state index contributed by atoms with van der Waals surface area (Å²) in [5.74, 6) is 0.318. The van der Waals surface area contributed by atoms with Gasteiger partial charge in [-0.05, 0) is 68.3 Å². The Kier molecular flexibility index (Phi) is 6.97. The van der Waals surface area contributed by atoms with Gasteiger partial charge in [0, 0.05) is 5.69 Å². The summed E-state index contributed by atoms with van der Waals surface area (Å²) in [4.78, 5) is 12.7. The first-order valence-electron chi connectivity index (χ1n) is 10.0. The van der Waals surface area contributed by atoms with Crippen LogP contribution in [0, 0.1) is 13.8 Å². The number of carbonyl (C=O) groups excluding carboxylic acids is 1. The summed E-state index contributed by atoms with van der Waals surface area (Å²) in [5.41, 5.74) is 2.93. The summed E-state index contributed by atoms with van der Waals surface area (Å²) >= 11 is 0. The van der Waals surface area contributed by atoms with Gasteiger partial charge in [-0.3, -0.25) is 9.52 Å². The highest BCUT2D eigenvalue weighted by atomic mass is 32.2. The third-order valence-corrected chi connectivity index (χ3v) is 6.12. The van der Waals surface area contributed by atoms with Gasteiger partial charge in [0.2, 0.25) is 0 Å². The summed E-state index contributed by atoms with van der Waals surface area (Å²) in [5, 5.41) is 2.78. The molecule has 0 bridgehead atoms. The maximum atomic E-state index is 12.7. The molecule has 1 amide bonds. The molecular weight excluding hydrogens is 412 g/mol. The number of benzene rings is 3. The van der Waals surface area contributed by atoms with Gasteiger partial charge in [-0.2, -0.15) is 0 Å². The van der Waals surface area contributed by atoms with Crippen LogP contribution in [0.5, 0.6) is 5.75 Å². The maximum absolute atomic E-state index is 12.7. The van der Waals surface area contributed by atoms with E-state index in [2.05, 4.69) is 10.0 Å². The van der Waals surface area contributed by atoms with Crippen LogP contribution in [0.25, 0.3) is 0 Å². The van der Waals surface area contributed by atoms with E-state index in [1.54, 1.807) is 30.3 Å². The molecule has 31 heavy (non-hydrogen) atoms. The zero-order valence-electron chi connectivity index (χ0n) is 17.8. The zero-order chi connectivity index (χ0) is 22.4. The van der Waals surface area contributed by atoms with E-state index in [-0.39, 0.29) is 10.8 Å². The molecule has 0 saturated carbocycles. The van der Waals surface area contributed by atoms with Crippen molar-refractivity contribution in [1.29, 1.82) is 0 Å². The van der Waals surface area contributed by atoms with Gasteiger partial charge in [0.25, 0.3) is 15.9 Å². The molecule has 0 aliphatic heterocycles. The Labute approximate surface area is 183 Å². The van der Waals surface area contributed by atoms with Crippen LogP contribution in [-0.2, 0) is 14.8 Å². The predicted molar refractivity (Wildman–Crippen MR) is 123 cm³/mol. The molecule has 0 aliphatic carbocycles. The van der Waals surface area contributed by atoms with E-state index in [9.17, 15) is 13.2 Å². The van der Waals surface area contributed by atoms with Gasteiger partial charge >= 0.3 is 0 Å². The first-order valence-corrected chi connectivity index (χ1v) is 11.5. The van der Waals surface area contributed by atoms with Crippen molar-refractivity contribution >= 4 is 27.3 Å². The first-order chi connectivity index (χ1) is 14.8. The lowest BCUT2D eigenvalue weighted by Gasteiger charge is -2.17. The van der Waals surface area contributed by atoms with E-state index < -0.39 is 16.1 Å². The van der Waals surface area contributed by atoms with Crippen molar-refractivity contribution in [2.45, 2.75) is 38.2 Å². The van der Waals surface area contributed by atoms with Crippen LogP contribution in [-0.4, -0.2) is 20.4 Å². The Morgan fingerprint density at radius 2 is 1.65 bits per heavy atom. The minimum Gasteiger partial charge on any atom is -0.481 e. The first kappa shape index (κ1) is 22.4. The molecule has 0 heterocycles. The molecular formula is C24H26N2O4S. The number of para-hydroxylation sites is 1. The summed E-state index contributed by atoms with van der Waals surface area (Å²) in [6, 6.07) is 20.7. The van der Waals surface area contributed by atoms with Crippen molar-refractivity contribution < 1.29 is 17.9 Å². The van der Waals surface area contributed by atoms with E-state index in [1.165, 1.54) is 12.1 Å². The number of anilines is 2. The molecule has 0 fully saturated rings. The van der Waals surface area contributed by atoms with E-state index in [0.29, 0.717) is 23.5 Å². The Morgan fingerprint density at radius 3 is 2.26 bits per heavy atom. The van der Waals surface area contributed by atoms with Crippen LogP contribution in [0.1, 0.15) is 24.5 Å². The van der Waals surface area contributed by atoms with Crippen LogP contribution in [0.2, 0.25) is 0 Å². The number of ether oxygens (including phenoxy) is 1. The largest absolute Gasteiger partial charge is 0.481 e. The van der Waals surface area contributed by atoms with Crippen LogP contribution in [0.3, 0.4) is 0 Å². The Bertz CT molecular complexity index is 1140. The molecule has 3 aromatic rings.